The minimum atomic E-state index is -4.64. The highest BCUT2D eigenvalue weighted by Crippen LogP contribution is 2.30. The molecule has 0 amide bonds. The average molecular weight is 624 g/mol. The molecule has 1 aromatic carbocycles. The molecule has 22 heteroatoms. The molecule has 0 saturated carbocycles. The zero-order valence-electron chi connectivity index (χ0n) is 17.6. The van der Waals surface area contributed by atoms with Crippen LogP contribution in [0.2, 0.25) is 10.0 Å². The summed E-state index contributed by atoms with van der Waals surface area (Å²) in [6, 6.07) is 4.78. The molecular weight excluding hydrogens is 602 g/mol. The van der Waals surface area contributed by atoms with E-state index in [4.69, 9.17) is 85.7 Å². The highest BCUT2D eigenvalue weighted by Gasteiger charge is 2.41. The lowest BCUT2D eigenvalue weighted by molar-refractivity contribution is -0.0339. The third-order valence-corrected chi connectivity index (χ3v) is 4.45. The molecule has 1 fully saturated rings. The van der Waals surface area contributed by atoms with Crippen molar-refractivity contribution in [1.29, 1.82) is 0 Å². The number of halogens is 2. The molecule has 11 N–H and O–H groups in total. The van der Waals surface area contributed by atoms with Gasteiger partial charge in [-0.15, -0.1) is 0 Å². The van der Waals surface area contributed by atoms with E-state index in [1.807, 2.05) is 0 Å². The quantitative estimate of drug-likeness (QED) is 0.172. The Bertz CT molecular complexity index is 1150. The van der Waals surface area contributed by atoms with E-state index in [0.717, 1.165) is 0 Å². The van der Waals surface area contributed by atoms with E-state index in [-0.39, 0.29) is 10.6 Å². The molecule has 4 atom stereocenters. The van der Waals surface area contributed by atoms with Gasteiger partial charge in [-0.1, -0.05) is 23.2 Å². The summed E-state index contributed by atoms with van der Waals surface area (Å²) >= 11 is 11.9. The largest absolute Gasteiger partial charge is 0.466 e. The van der Waals surface area contributed by atoms with Crippen LogP contribution < -0.4 is 5.56 Å². The Balaban J connectivity index is 0.000000672. The van der Waals surface area contributed by atoms with Crippen molar-refractivity contribution in [3.05, 3.63) is 44.8 Å². The molecule has 36 heavy (non-hydrogen) atoms. The van der Waals surface area contributed by atoms with Crippen molar-refractivity contribution < 1.29 is 72.7 Å². The van der Waals surface area contributed by atoms with Gasteiger partial charge in [0.1, 0.15) is 12.2 Å². The van der Waals surface area contributed by atoms with Crippen LogP contribution in [0.15, 0.2) is 29.2 Å². The van der Waals surface area contributed by atoms with Gasteiger partial charge in [-0.25, -0.2) is 13.7 Å². The molecule has 3 rings (SSSR count). The molecule has 2 heterocycles. The van der Waals surface area contributed by atoms with E-state index < -0.39 is 48.0 Å². The zero-order chi connectivity index (χ0) is 28.8. The van der Waals surface area contributed by atoms with Crippen LogP contribution in [0.4, 0.5) is 0 Å². The molecule has 0 spiro atoms. The summed E-state index contributed by atoms with van der Waals surface area (Å²) < 4.78 is 33.4. The number of benzene rings is 1. The number of aliphatic hydroxyl groups excluding tert-OH is 2. The third kappa shape index (κ3) is 14.8. The van der Waals surface area contributed by atoms with Gasteiger partial charge in [0.15, 0.2) is 6.23 Å². The van der Waals surface area contributed by atoms with Crippen LogP contribution in [0.1, 0.15) is 13.2 Å². The Morgan fingerprint density at radius 3 is 1.56 bits per heavy atom. The van der Waals surface area contributed by atoms with E-state index in [1.54, 1.807) is 19.1 Å². The lowest BCUT2D eigenvalue weighted by Gasteiger charge is -2.18. The smallest absolute Gasteiger partial charge is 0.388 e. The molecule has 1 saturated heterocycles. The van der Waals surface area contributed by atoms with Crippen LogP contribution in [0.25, 0.3) is 10.8 Å². The van der Waals surface area contributed by atoms with E-state index in [0.29, 0.717) is 15.8 Å². The minimum absolute atomic E-state index is 0.278. The number of ether oxygens (including phenoxy) is 1. The highest BCUT2D eigenvalue weighted by atomic mass is 35.5. The van der Waals surface area contributed by atoms with Crippen molar-refractivity contribution in [3.8, 4) is 0 Å². The molecule has 1 aliphatic heterocycles. The lowest BCUT2D eigenvalue weighted by Crippen LogP contribution is -2.34. The molecule has 1 aromatic heterocycles. The number of hydrogen-bond donors (Lipinski definition) is 11. The summed E-state index contributed by atoms with van der Waals surface area (Å²) in [7, 11) is -13.9. The maximum atomic E-state index is 12.5. The summed E-state index contributed by atoms with van der Waals surface area (Å²) in [5, 5.41) is 21.4. The molecule has 0 aliphatic carbocycles. The van der Waals surface area contributed by atoms with E-state index in [9.17, 15) is 15.0 Å². The Labute approximate surface area is 211 Å². The van der Waals surface area contributed by atoms with Gasteiger partial charge < -0.3 is 59.0 Å². The van der Waals surface area contributed by atoms with Gasteiger partial charge in [0.05, 0.1) is 16.1 Å². The topological polar surface area (TPSA) is 305 Å². The predicted octanol–water partition coefficient (Wildman–Crippen LogP) is -0.838. The van der Waals surface area contributed by atoms with Crippen molar-refractivity contribution in [2.24, 2.45) is 0 Å². The van der Waals surface area contributed by atoms with Gasteiger partial charge in [-0.05, 0) is 30.5 Å². The van der Waals surface area contributed by atoms with Crippen LogP contribution in [-0.2, 0) is 18.4 Å². The Morgan fingerprint density at radius 1 is 0.806 bits per heavy atom. The second kappa shape index (κ2) is 13.8. The fraction of sp³-hybridized carbons (Fsp3) is 0.357. The summed E-state index contributed by atoms with van der Waals surface area (Å²) in [5.41, 5.74) is -0.364. The first-order valence-electron chi connectivity index (χ1n) is 8.76. The van der Waals surface area contributed by atoms with Gasteiger partial charge in [-0.2, -0.15) is 0 Å². The SMILES string of the molecule is CC1OC(n2ccc3cc(Cl)c(Cl)cc3c2=O)C(O)C1O.O=P(O)(O)O.O=P(O)(O)O.O=P(O)(O)O. The molecule has 17 nitrogen and oxygen atoms in total. The standard InChI is InChI=1S/C14H13Cl2NO4.3H3O4P/c1-6-11(18)12(19)14(21-6)17-3-2-7-4-9(15)10(16)5-8(7)13(17)20;3*1-5(2,3)4/h2-6,11-12,14,18-19H,1H3;3*(H3,1,2,3,4). The third-order valence-electron chi connectivity index (χ3n) is 3.72. The van der Waals surface area contributed by atoms with E-state index >= 15 is 0 Å². The molecule has 1 aliphatic rings. The van der Waals surface area contributed by atoms with Gasteiger partial charge in [0, 0.05) is 11.6 Å². The number of pyridine rings is 1. The average Bonchev–Trinajstić information content (AvgIpc) is 2.87. The minimum Gasteiger partial charge on any atom is -0.388 e. The van der Waals surface area contributed by atoms with Gasteiger partial charge in [0.2, 0.25) is 0 Å². The maximum absolute atomic E-state index is 12.5. The zero-order valence-corrected chi connectivity index (χ0v) is 21.8. The Hall–Kier alpha value is -0.780. The predicted molar refractivity (Wildman–Crippen MR) is 123 cm³/mol. The molecule has 208 valence electrons. The van der Waals surface area contributed by atoms with Gasteiger partial charge >= 0.3 is 23.5 Å². The first-order valence-corrected chi connectivity index (χ1v) is 14.2. The van der Waals surface area contributed by atoms with E-state index in [2.05, 4.69) is 0 Å². The molecule has 0 radical (unpaired) electrons. The van der Waals surface area contributed by atoms with Crippen molar-refractivity contribution in [2.75, 3.05) is 0 Å². The summed E-state index contributed by atoms with van der Waals surface area (Å²) in [4.78, 5) is 77.2. The fourth-order valence-electron chi connectivity index (χ4n) is 2.51. The second-order valence-electron chi connectivity index (χ2n) is 6.63. The van der Waals surface area contributed by atoms with E-state index in [1.165, 1.54) is 16.8 Å². The Kier molecular flexibility index (Phi) is 13.5. The number of nitrogens with zero attached hydrogens (tertiary/aromatic N) is 1. The summed E-state index contributed by atoms with van der Waals surface area (Å²) in [6.45, 7) is 1.64. The van der Waals surface area contributed by atoms with Crippen LogP contribution in [0, 0.1) is 0 Å². The molecule has 4 unspecified atom stereocenters. The van der Waals surface area contributed by atoms with Crippen molar-refractivity contribution >= 4 is 57.4 Å². The highest BCUT2D eigenvalue weighted by molar-refractivity contribution is 7.45. The van der Waals surface area contributed by atoms with Crippen LogP contribution in [0.5, 0.6) is 0 Å². The summed E-state index contributed by atoms with van der Waals surface area (Å²) in [6.07, 6.45) is -2.18. The number of fused-ring (bicyclic) bond motifs is 1. The van der Waals surface area contributed by atoms with Gasteiger partial charge in [0.25, 0.3) is 5.56 Å². The number of hydrogen-bond acceptors (Lipinski definition) is 7. The fourth-order valence-corrected chi connectivity index (χ4v) is 2.85. The van der Waals surface area contributed by atoms with Crippen LogP contribution in [0.3, 0.4) is 0 Å². The first-order chi connectivity index (χ1) is 15.9. The molecular formula is C14H22Cl2NO16P3. The molecule has 2 aromatic rings. The first kappa shape index (κ1) is 35.2. The number of rotatable bonds is 1. The van der Waals surface area contributed by atoms with Gasteiger partial charge in [-0.3, -0.25) is 9.36 Å². The van der Waals surface area contributed by atoms with Crippen LogP contribution >= 0.6 is 46.7 Å². The van der Waals surface area contributed by atoms with Crippen molar-refractivity contribution in [2.45, 2.75) is 31.5 Å². The summed E-state index contributed by atoms with van der Waals surface area (Å²) in [5.74, 6) is 0. The lowest BCUT2D eigenvalue weighted by atomic mass is 10.1. The number of aromatic nitrogens is 1. The van der Waals surface area contributed by atoms with Crippen LogP contribution in [-0.4, -0.2) is 77.1 Å². The maximum Gasteiger partial charge on any atom is 0.466 e. The number of aliphatic hydroxyl groups is 2. The monoisotopic (exact) mass is 623 g/mol. The second-order valence-corrected chi connectivity index (χ2v) is 10.5. The van der Waals surface area contributed by atoms with Crippen molar-refractivity contribution in [3.63, 3.8) is 0 Å². The normalized spacial score (nSPS) is 21.9. The Morgan fingerprint density at radius 2 is 1.19 bits per heavy atom. The molecule has 0 bridgehead atoms. The number of phosphoric acid groups is 3. The van der Waals surface area contributed by atoms with Crippen molar-refractivity contribution in [1.82, 2.24) is 4.57 Å².